The van der Waals surface area contributed by atoms with E-state index in [1.807, 2.05) is 24.3 Å². The molecule has 6 heteroatoms. The number of alkyl halides is 1. The number of aromatic nitrogens is 3. The molecule has 0 saturated heterocycles. The molecule has 0 atom stereocenters. The molecule has 0 aliphatic rings. The van der Waals surface area contributed by atoms with Gasteiger partial charge in [0.15, 0.2) is 0 Å². The van der Waals surface area contributed by atoms with Gasteiger partial charge in [-0.1, -0.05) is 11.6 Å². The number of benzene rings is 1. The quantitative estimate of drug-likeness (QED) is 0.465. The zero-order chi connectivity index (χ0) is 14.1. The highest BCUT2D eigenvalue weighted by molar-refractivity contribution is 14.1. The van der Waals surface area contributed by atoms with Crippen molar-refractivity contribution in [3.05, 3.63) is 51.1 Å². The molecule has 1 aromatic carbocycles. The zero-order valence-electron chi connectivity index (χ0n) is 10.4. The highest BCUT2D eigenvalue weighted by Crippen LogP contribution is 2.27. The largest absolute Gasteiger partial charge is 0.295 e. The van der Waals surface area contributed by atoms with Crippen molar-refractivity contribution in [1.82, 2.24) is 14.5 Å². The number of nitrogens with zero attached hydrogens (tertiary/aromatic N) is 3. The van der Waals surface area contributed by atoms with Gasteiger partial charge in [0, 0.05) is 27.1 Å². The molecule has 0 aliphatic carbocycles. The molecule has 0 unspecified atom stereocenters. The van der Waals surface area contributed by atoms with Gasteiger partial charge in [0.05, 0.1) is 17.4 Å². The predicted octanol–water partition coefficient (Wildman–Crippen LogP) is 4.46. The Morgan fingerprint density at radius 3 is 2.85 bits per heavy atom. The molecule has 0 bridgehead atoms. The van der Waals surface area contributed by atoms with Gasteiger partial charge in [-0.2, -0.15) is 0 Å². The summed E-state index contributed by atoms with van der Waals surface area (Å²) in [6.45, 7) is 0. The lowest BCUT2D eigenvalue weighted by atomic mass is 10.3. The molecule has 0 saturated carbocycles. The Morgan fingerprint density at radius 2 is 2.10 bits per heavy atom. The third-order valence-corrected chi connectivity index (χ3v) is 4.28. The number of hydrogen-bond donors (Lipinski definition) is 0. The van der Waals surface area contributed by atoms with Gasteiger partial charge in [0.1, 0.15) is 11.3 Å². The van der Waals surface area contributed by atoms with E-state index in [1.165, 1.54) is 0 Å². The molecular formula is C14H10Cl2IN3. The molecule has 102 valence electrons. The molecule has 20 heavy (non-hydrogen) atoms. The van der Waals surface area contributed by atoms with E-state index in [-0.39, 0.29) is 0 Å². The monoisotopic (exact) mass is 417 g/mol. The van der Waals surface area contributed by atoms with Crippen molar-refractivity contribution in [2.75, 3.05) is 5.88 Å². The molecule has 3 nitrogen and oxygen atoms in total. The third kappa shape index (κ3) is 2.52. The van der Waals surface area contributed by atoms with Gasteiger partial charge in [0.25, 0.3) is 0 Å². The van der Waals surface area contributed by atoms with Crippen molar-refractivity contribution >= 4 is 56.8 Å². The predicted molar refractivity (Wildman–Crippen MR) is 91.0 cm³/mol. The zero-order valence-corrected chi connectivity index (χ0v) is 14.0. The molecule has 0 radical (unpaired) electrons. The van der Waals surface area contributed by atoms with Crippen LogP contribution < -0.4 is 0 Å². The lowest BCUT2D eigenvalue weighted by Crippen LogP contribution is -2.04. The van der Waals surface area contributed by atoms with Crippen LogP contribution in [0.2, 0.25) is 5.02 Å². The van der Waals surface area contributed by atoms with Gasteiger partial charge in [0.2, 0.25) is 0 Å². The Morgan fingerprint density at radius 1 is 1.25 bits per heavy atom. The summed E-state index contributed by atoms with van der Waals surface area (Å²) in [5.41, 5.74) is 2.96. The van der Waals surface area contributed by atoms with Crippen molar-refractivity contribution < 1.29 is 0 Å². The smallest absolute Gasteiger partial charge is 0.115 e. The van der Waals surface area contributed by atoms with E-state index in [1.54, 1.807) is 12.4 Å². The van der Waals surface area contributed by atoms with E-state index < -0.39 is 0 Å². The highest BCUT2D eigenvalue weighted by atomic mass is 127. The molecule has 3 rings (SSSR count). The summed E-state index contributed by atoms with van der Waals surface area (Å²) in [4.78, 5) is 8.75. The number of pyridine rings is 1. The minimum Gasteiger partial charge on any atom is -0.295 e. The van der Waals surface area contributed by atoms with Gasteiger partial charge >= 0.3 is 0 Å². The highest BCUT2D eigenvalue weighted by Gasteiger charge is 2.14. The maximum absolute atomic E-state index is 6.04. The summed E-state index contributed by atoms with van der Waals surface area (Å²) in [7, 11) is 0. The fourth-order valence-corrected chi connectivity index (χ4v) is 3.45. The Hall–Kier alpha value is -0.850. The molecule has 3 aromatic rings. The van der Waals surface area contributed by atoms with Crippen molar-refractivity contribution in [2.24, 2.45) is 0 Å². The van der Waals surface area contributed by atoms with Crippen molar-refractivity contribution in [1.29, 1.82) is 0 Å². The minimum atomic E-state index is 0.529. The van der Waals surface area contributed by atoms with E-state index in [0.717, 1.165) is 31.1 Å². The van der Waals surface area contributed by atoms with Crippen molar-refractivity contribution in [3.8, 4) is 5.69 Å². The Balaban J connectivity index is 2.30. The van der Waals surface area contributed by atoms with Crippen molar-refractivity contribution in [3.63, 3.8) is 0 Å². The van der Waals surface area contributed by atoms with E-state index in [0.29, 0.717) is 12.3 Å². The summed E-state index contributed by atoms with van der Waals surface area (Å²) in [6, 6.07) is 7.79. The van der Waals surface area contributed by atoms with Crippen LogP contribution in [0.25, 0.3) is 16.7 Å². The van der Waals surface area contributed by atoms with Gasteiger partial charge < -0.3 is 0 Å². The number of fused-ring (bicyclic) bond motifs is 1. The van der Waals surface area contributed by atoms with E-state index in [9.17, 15) is 0 Å². The number of aryl methyl sites for hydroxylation is 1. The van der Waals surface area contributed by atoms with Crippen LogP contribution in [0, 0.1) is 3.57 Å². The number of halogens is 3. The maximum atomic E-state index is 6.04. The molecular weight excluding hydrogens is 408 g/mol. The second kappa shape index (κ2) is 5.87. The van der Waals surface area contributed by atoms with E-state index in [2.05, 4.69) is 37.1 Å². The normalized spacial score (nSPS) is 11.2. The van der Waals surface area contributed by atoms with Crippen LogP contribution in [0.5, 0.6) is 0 Å². The average molecular weight is 418 g/mol. The first-order valence-corrected chi connectivity index (χ1v) is 8.02. The summed E-state index contributed by atoms with van der Waals surface area (Å²) in [5, 5.41) is 0.725. The third-order valence-electron chi connectivity index (χ3n) is 2.99. The van der Waals surface area contributed by atoms with Gasteiger partial charge in [-0.05, 0) is 46.9 Å². The van der Waals surface area contributed by atoms with E-state index >= 15 is 0 Å². The van der Waals surface area contributed by atoms with Gasteiger partial charge in [-0.25, -0.2) is 4.98 Å². The van der Waals surface area contributed by atoms with Crippen LogP contribution in [0.3, 0.4) is 0 Å². The maximum Gasteiger partial charge on any atom is 0.115 e. The molecule has 0 N–H and O–H groups in total. The topological polar surface area (TPSA) is 30.7 Å². The first kappa shape index (κ1) is 14.1. The second-order valence-electron chi connectivity index (χ2n) is 4.26. The SMILES string of the molecule is ClCCc1nc2cnccc2n1-c1ccc(Cl)cc1I. The Labute approximate surface area is 140 Å². The second-order valence-corrected chi connectivity index (χ2v) is 6.24. The van der Waals surface area contributed by atoms with Gasteiger partial charge in [-0.3, -0.25) is 9.55 Å². The van der Waals surface area contributed by atoms with Crippen LogP contribution in [0.1, 0.15) is 5.82 Å². The number of imidazole rings is 1. The van der Waals surface area contributed by atoms with Crippen LogP contribution in [-0.4, -0.2) is 20.4 Å². The minimum absolute atomic E-state index is 0.529. The van der Waals surface area contributed by atoms with Crippen LogP contribution in [0.4, 0.5) is 0 Å². The Kier molecular flexibility index (Phi) is 4.14. The van der Waals surface area contributed by atoms with Crippen LogP contribution >= 0.6 is 45.8 Å². The lowest BCUT2D eigenvalue weighted by molar-refractivity contribution is 0.909. The lowest BCUT2D eigenvalue weighted by Gasteiger charge is -2.11. The fraction of sp³-hybridized carbons (Fsp3) is 0.143. The van der Waals surface area contributed by atoms with E-state index in [4.69, 9.17) is 23.2 Å². The van der Waals surface area contributed by atoms with Gasteiger partial charge in [-0.15, -0.1) is 11.6 Å². The average Bonchev–Trinajstić information content (AvgIpc) is 2.78. The number of rotatable bonds is 3. The van der Waals surface area contributed by atoms with Crippen molar-refractivity contribution in [2.45, 2.75) is 6.42 Å². The van der Waals surface area contributed by atoms with Crippen LogP contribution in [0.15, 0.2) is 36.7 Å². The molecule has 0 spiro atoms. The summed E-state index contributed by atoms with van der Waals surface area (Å²) < 4.78 is 3.19. The van der Waals surface area contributed by atoms with Crippen LogP contribution in [-0.2, 0) is 6.42 Å². The summed E-state index contributed by atoms with van der Waals surface area (Å²) >= 11 is 14.2. The molecule has 2 heterocycles. The number of hydrogen-bond acceptors (Lipinski definition) is 2. The standard InChI is InChI=1S/C14H10Cl2IN3/c15-5-3-14-19-11-8-18-6-4-13(11)20(14)12-2-1-9(16)7-10(12)17/h1-2,4,6-8H,3,5H2. The molecule has 0 amide bonds. The molecule has 2 aromatic heterocycles. The summed E-state index contributed by atoms with van der Waals surface area (Å²) in [6.07, 6.45) is 4.25. The molecule has 0 aliphatic heterocycles. The first-order valence-electron chi connectivity index (χ1n) is 6.03. The summed E-state index contributed by atoms with van der Waals surface area (Å²) in [5.74, 6) is 1.46. The fourth-order valence-electron chi connectivity index (χ4n) is 2.17. The Bertz CT molecular complexity index is 770. The first-order chi connectivity index (χ1) is 9.70. The molecule has 0 fully saturated rings.